The fourth-order valence-corrected chi connectivity index (χ4v) is 1.59. The van der Waals surface area contributed by atoms with E-state index in [0.717, 1.165) is 13.0 Å². The molecule has 8 heteroatoms. The van der Waals surface area contributed by atoms with Gasteiger partial charge in [-0.25, -0.2) is 4.98 Å². The molecular formula is C11H15ClN6O. The zero-order valence-electron chi connectivity index (χ0n) is 10.6. The topological polar surface area (TPSA) is 77.8 Å². The third-order valence-electron chi connectivity index (χ3n) is 2.28. The third-order valence-corrected chi connectivity index (χ3v) is 2.45. The lowest BCUT2D eigenvalue weighted by molar-refractivity contribution is 0.147. The Kier molecular flexibility index (Phi) is 5.05. The smallest absolute Gasteiger partial charge is 0.241 e. The maximum absolute atomic E-state index is 5.87. The second-order valence-electron chi connectivity index (χ2n) is 3.68. The maximum atomic E-state index is 5.87. The predicted molar refractivity (Wildman–Crippen MR) is 71.6 cm³/mol. The van der Waals surface area contributed by atoms with Crippen LogP contribution in [-0.2, 0) is 4.74 Å². The molecule has 0 aliphatic rings. The molecule has 102 valence electrons. The van der Waals surface area contributed by atoms with Crippen LogP contribution in [-0.4, -0.2) is 44.3 Å². The van der Waals surface area contributed by atoms with E-state index in [-0.39, 0.29) is 5.28 Å². The quantitative estimate of drug-likeness (QED) is 0.776. The average molecular weight is 283 g/mol. The van der Waals surface area contributed by atoms with Gasteiger partial charge in [0.05, 0.1) is 0 Å². The summed E-state index contributed by atoms with van der Waals surface area (Å²) in [4.78, 5) is 16.2. The van der Waals surface area contributed by atoms with Crippen molar-refractivity contribution >= 4 is 17.5 Å². The second-order valence-corrected chi connectivity index (χ2v) is 4.01. The number of nitrogens with zero attached hydrogens (tertiary/aromatic N) is 5. The Morgan fingerprint density at radius 3 is 3.00 bits per heavy atom. The SMILES string of the molecule is CCOCCCNc1nc(Cl)nc(-n2ccnc2)n1. The molecule has 1 N–H and O–H groups in total. The molecule has 0 spiro atoms. The minimum absolute atomic E-state index is 0.144. The molecule has 0 amide bonds. The Morgan fingerprint density at radius 2 is 2.26 bits per heavy atom. The first-order valence-electron chi connectivity index (χ1n) is 6.01. The molecule has 2 aromatic rings. The number of ether oxygens (including phenoxy) is 1. The number of hydrogen-bond acceptors (Lipinski definition) is 6. The van der Waals surface area contributed by atoms with Gasteiger partial charge >= 0.3 is 0 Å². The fourth-order valence-electron chi connectivity index (χ4n) is 1.43. The molecule has 0 saturated carbocycles. The van der Waals surface area contributed by atoms with Crippen molar-refractivity contribution in [2.45, 2.75) is 13.3 Å². The van der Waals surface area contributed by atoms with E-state index in [2.05, 4.69) is 25.3 Å². The number of aromatic nitrogens is 5. The molecule has 0 saturated heterocycles. The van der Waals surface area contributed by atoms with Gasteiger partial charge < -0.3 is 10.1 Å². The van der Waals surface area contributed by atoms with Crippen LogP contribution in [0, 0.1) is 0 Å². The summed E-state index contributed by atoms with van der Waals surface area (Å²) < 4.78 is 6.91. The standard InChI is InChI=1S/C11H15ClN6O/c1-2-19-7-3-4-14-10-15-9(12)16-11(17-10)18-6-5-13-8-18/h5-6,8H,2-4,7H2,1H3,(H,14,15,16,17). The van der Waals surface area contributed by atoms with Gasteiger partial charge in [0.15, 0.2) is 0 Å². The Balaban J connectivity index is 1.97. The summed E-state index contributed by atoms with van der Waals surface area (Å²) in [6.07, 6.45) is 5.86. The molecule has 0 bridgehead atoms. The Morgan fingerprint density at radius 1 is 1.37 bits per heavy atom. The van der Waals surface area contributed by atoms with Crippen LogP contribution in [0.4, 0.5) is 5.95 Å². The minimum atomic E-state index is 0.144. The van der Waals surface area contributed by atoms with Crippen LogP contribution in [0.1, 0.15) is 13.3 Å². The first-order valence-corrected chi connectivity index (χ1v) is 6.39. The van der Waals surface area contributed by atoms with Gasteiger partial charge in [0.25, 0.3) is 0 Å². The van der Waals surface area contributed by atoms with Crippen LogP contribution < -0.4 is 5.32 Å². The van der Waals surface area contributed by atoms with Crippen molar-refractivity contribution < 1.29 is 4.74 Å². The highest BCUT2D eigenvalue weighted by molar-refractivity contribution is 6.28. The van der Waals surface area contributed by atoms with Crippen LogP contribution >= 0.6 is 11.6 Å². The summed E-state index contributed by atoms with van der Waals surface area (Å²) in [5.74, 6) is 0.880. The van der Waals surface area contributed by atoms with E-state index < -0.39 is 0 Å². The summed E-state index contributed by atoms with van der Waals surface area (Å²) in [6.45, 7) is 4.11. The Labute approximate surface area is 116 Å². The Bertz CT molecular complexity index is 504. The van der Waals surface area contributed by atoms with Gasteiger partial charge in [-0.3, -0.25) is 4.57 Å². The molecule has 0 unspecified atom stereocenters. The monoisotopic (exact) mass is 282 g/mol. The highest BCUT2D eigenvalue weighted by Gasteiger charge is 2.05. The van der Waals surface area contributed by atoms with Gasteiger partial charge in [-0.05, 0) is 24.9 Å². The number of hydrogen-bond donors (Lipinski definition) is 1. The molecule has 0 aliphatic heterocycles. The summed E-state index contributed by atoms with van der Waals surface area (Å²) in [7, 11) is 0. The molecule has 0 aromatic carbocycles. The highest BCUT2D eigenvalue weighted by Crippen LogP contribution is 2.09. The van der Waals surface area contributed by atoms with Crippen molar-refractivity contribution in [3.05, 3.63) is 24.0 Å². The zero-order valence-corrected chi connectivity index (χ0v) is 11.3. The lowest BCUT2D eigenvalue weighted by Crippen LogP contribution is -2.11. The summed E-state index contributed by atoms with van der Waals surface area (Å²) in [5, 5.41) is 3.23. The third kappa shape index (κ3) is 4.15. The van der Waals surface area contributed by atoms with Gasteiger partial charge in [0, 0.05) is 32.2 Å². The normalized spacial score (nSPS) is 10.6. The molecule has 2 aromatic heterocycles. The molecular weight excluding hydrogens is 268 g/mol. The van der Waals surface area contributed by atoms with E-state index in [1.54, 1.807) is 23.3 Å². The van der Waals surface area contributed by atoms with E-state index in [4.69, 9.17) is 16.3 Å². The average Bonchev–Trinajstić information content (AvgIpc) is 2.92. The zero-order chi connectivity index (χ0) is 13.5. The fraction of sp³-hybridized carbons (Fsp3) is 0.455. The first kappa shape index (κ1) is 13.7. The van der Waals surface area contributed by atoms with Crippen LogP contribution in [0.5, 0.6) is 0 Å². The van der Waals surface area contributed by atoms with Crippen LogP contribution in [0.2, 0.25) is 5.28 Å². The molecule has 2 heterocycles. The minimum Gasteiger partial charge on any atom is -0.382 e. The molecule has 0 radical (unpaired) electrons. The van der Waals surface area contributed by atoms with Crippen molar-refractivity contribution in [1.82, 2.24) is 24.5 Å². The van der Waals surface area contributed by atoms with Crippen molar-refractivity contribution in [2.75, 3.05) is 25.1 Å². The number of rotatable bonds is 7. The molecule has 0 aliphatic carbocycles. The van der Waals surface area contributed by atoms with Gasteiger partial charge in [-0.2, -0.15) is 15.0 Å². The van der Waals surface area contributed by atoms with Crippen LogP contribution in [0.25, 0.3) is 5.95 Å². The van der Waals surface area contributed by atoms with E-state index in [1.165, 1.54) is 0 Å². The van der Waals surface area contributed by atoms with Crippen molar-refractivity contribution in [3.63, 3.8) is 0 Å². The highest BCUT2D eigenvalue weighted by atomic mass is 35.5. The molecule has 2 rings (SSSR count). The number of imidazole rings is 1. The van der Waals surface area contributed by atoms with E-state index in [9.17, 15) is 0 Å². The molecule has 7 nitrogen and oxygen atoms in total. The van der Waals surface area contributed by atoms with Gasteiger partial charge in [0.1, 0.15) is 6.33 Å². The van der Waals surface area contributed by atoms with Gasteiger partial charge in [0.2, 0.25) is 17.2 Å². The number of anilines is 1. The second kappa shape index (κ2) is 7.01. The van der Waals surface area contributed by atoms with Gasteiger partial charge in [-0.1, -0.05) is 0 Å². The Hall–Kier alpha value is -1.73. The molecule has 19 heavy (non-hydrogen) atoms. The predicted octanol–water partition coefficient (Wildman–Crippen LogP) is 1.55. The molecule has 0 atom stereocenters. The molecule has 0 fully saturated rings. The summed E-state index contributed by atoms with van der Waals surface area (Å²) in [6, 6.07) is 0. The van der Waals surface area contributed by atoms with E-state index in [1.807, 2.05) is 6.92 Å². The summed E-state index contributed by atoms with van der Waals surface area (Å²) >= 11 is 5.87. The maximum Gasteiger partial charge on any atom is 0.241 e. The number of nitrogens with one attached hydrogen (secondary N) is 1. The van der Waals surface area contributed by atoms with Crippen molar-refractivity contribution in [3.8, 4) is 5.95 Å². The van der Waals surface area contributed by atoms with Crippen LogP contribution in [0.3, 0.4) is 0 Å². The lowest BCUT2D eigenvalue weighted by atomic mass is 10.4. The first-order chi connectivity index (χ1) is 9.29. The van der Waals surface area contributed by atoms with Gasteiger partial charge in [-0.15, -0.1) is 0 Å². The largest absolute Gasteiger partial charge is 0.382 e. The number of halogens is 1. The van der Waals surface area contributed by atoms with Crippen molar-refractivity contribution in [1.29, 1.82) is 0 Å². The van der Waals surface area contributed by atoms with E-state index >= 15 is 0 Å². The summed E-state index contributed by atoms with van der Waals surface area (Å²) in [5.41, 5.74) is 0. The van der Waals surface area contributed by atoms with Crippen LogP contribution in [0.15, 0.2) is 18.7 Å². The van der Waals surface area contributed by atoms with E-state index in [0.29, 0.717) is 25.0 Å². The van der Waals surface area contributed by atoms with Crippen molar-refractivity contribution in [2.24, 2.45) is 0 Å². The lowest BCUT2D eigenvalue weighted by Gasteiger charge is -2.07.